The fraction of sp³-hybridized carbons (Fsp3) is 0.933. The molecule has 1 fully saturated rings. The molecule has 0 aromatic carbocycles. The molecule has 1 aliphatic rings. The predicted molar refractivity (Wildman–Crippen MR) is 80.3 cm³/mol. The molecule has 0 aromatic rings. The lowest BCUT2D eigenvalue weighted by atomic mass is 10.1. The summed E-state index contributed by atoms with van der Waals surface area (Å²) in [7, 11) is 1.94. The van der Waals surface area contributed by atoms with Gasteiger partial charge in [-0.25, -0.2) is 0 Å². The lowest BCUT2D eigenvalue weighted by Gasteiger charge is -2.28. The zero-order valence-electron chi connectivity index (χ0n) is 13.3. The van der Waals surface area contributed by atoms with Crippen molar-refractivity contribution in [3.05, 3.63) is 0 Å². The maximum absolute atomic E-state index is 12.1. The lowest BCUT2D eigenvalue weighted by molar-refractivity contribution is -0.130. The molecule has 1 amide bonds. The molecule has 1 saturated heterocycles. The summed E-state index contributed by atoms with van der Waals surface area (Å²) < 4.78 is 0. The van der Waals surface area contributed by atoms with Gasteiger partial charge in [-0.1, -0.05) is 6.92 Å². The maximum Gasteiger partial charge on any atom is 0.223 e. The summed E-state index contributed by atoms with van der Waals surface area (Å²) in [4.78, 5) is 16.5. The molecular formula is C15H31N3O. The Morgan fingerprint density at radius 2 is 2.11 bits per heavy atom. The Bertz CT molecular complexity index is 286. The van der Waals surface area contributed by atoms with Crippen LogP contribution in [0.15, 0.2) is 0 Å². The Kier molecular flexibility index (Phi) is 6.27. The van der Waals surface area contributed by atoms with Crippen molar-refractivity contribution < 1.29 is 4.79 Å². The molecule has 0 saturated carbocycles. The summed E-state index contributed by atoms with van der Waals surface area (Å²) in [5, 5.41) is 3.36. The van der Waals surface area contributed by atoms with Crippen molar-refractivity contribution in [2.45, 2.75) is 58.5 Å². The summed E-state index contributed by atoms with van der Waals surface area (Å²) >= 11 is 0. The second kappa shape index (κ2) is 7.25. The highest BCUT2D eigenvalue weighted by atomic mass is 16.2. The molecule has 112 valence electrons. The molecule has 1 heterocycles. The molecule has 1 unspecified atom stereocenters. The topological polar surface area (TPSA) is 35.6 Å². The van der Waals surface area contributed by atoms with Gasteiger partial charge in [0.05, 0.1) is 0 Å². The third-order valence-electron chi connectivity index (χ3n) is 3.81. The van der Waals surface area contributed by atoms with Crippen LogP contribution in [0, 0.1) is 0 Å². The van der Waals surface area contributed by atoms with Crippen LogP contribution in [0.4, 0.5) is 0 Å². The van der Waals surface area contributed by atoms with E-state index in [-0.39, 0.29) is 11.4 Å². The summed E-state index contributed by atoms with van der Waals surface area (Å²) in [6.45, 7) is 12.5. The molecule has 0 aliphatic carbocycles. The minimum Gasteiger partial charge on any atom is -0.344 e. The highest BCUT2D eigenvalue weighted by Gasteiger charge is 2.25. The first kappa shape index (κ1) is 16.4. The average Bonchev–Trinajstić information content (AvgIpc) is 2.74. The van der Waals surface area contributed by atoms with Crippen LogP contribution in [0.3, 0.4) is 0 Å². The molecule has 0 aromatic heterocycles. The predicted octanol–water partition coefficient (Wildman–Crippen LogP) is 1.71. The molecule has 1 atom stereocenters. The van der Waals surface area contributed by atoms with Crippen molar-refractivity contribution in [3.63, 3.8) is 0 Å². The fourth-order valence-electron chi connectivity index (χ4n) is 2.67. The smallest absolute Gasteiger partial charge is 0.223 e. The number of carbonyl (C=O) groups is 1. The zero-order valence-corrected chi connectivity index (χ0v) is 13.3. The van der Waals surface area contributed by atoms with Crippen LogP contribution in [-0.2, 0) is 4.79 Å². The van der Waals surface area contributed by atoms with Gasteiger partial charge in [0.15, 0.2) is 0 Å². The third-order valence-corrected chi connectivity index (χ3v) is 3.81. The number of rotatable bonds is 6. The normalized spacial score (nSPS) is 20.8. The Hall–Kier alpha value is -0.610. The minimum atomic E-state index is 0.0866. The molecule has 1 aliphatic heterocycles. The molecule has 4 heteroatoms. The fourth-order valence-corrected chi connectivity index (χ4v) is 2.67. The van der Waals surface area contributed by atoms with Crippen LogP contribution in [0.1, 0.15) is 47.0 Å². The number of nitrogens with zero attached hydrogens (tertiary/aromatic N) is 2. The Morgan fingerprint density at radius 1 is 1.42 bits per heavy atom. The lowest BCUT2D eigenvalue weighted by Crippen LogP contribution is -2.43. The first-order valence-corrected chi connectivity index (χ1v) is 7.56. The minimum absolute atomic E-state index is 0.0866. The Balaban J connectivity index is 2.28. The van der Waals surface area contributed by atoms with Gasteiger partial charge in [-0.3, -0.25) is 9.69 Å². The van der Waals surface area contributed by atoms with Crippen molar-refractivity contribution in [1.29, 1.82) is 0 Å². The number of hydrogen-bond donors (Lipinski definition) is 1. The quantitative estimate of drug-likeness (QED) is 0.797. The second-order valence-electron chi connectivity index (χ2n) is 6.63. The van der Waals surface area contributed by atoms with Crippen molar-refractivity contribution in [3.8, 4) is 0 Å². The van der Waals surface area contributed by atoms with Gasteiger partial charge in [-0.2, -0.15) is 0 Å². The van der Waals surface area contributed by atoms with Crippen molar-refractivity contribution in [2.24, 2.45) is 0 Å². The highest BCUT2D eigenvalue weighted by molar-refractivity contribution is 5.76. The largest absolute Gasteiger partial charge is 0.344 e. The van der Waals surface area contributed by atoms with E-state index in [0.29, 0.717) is 12.5 Å². The Labute approximate surface area is 118 Å². The second-order valence-corrected chi connectivity index (χ2v) is 6.63. The Morgan fingerprint density at radius 3 is 2.68 bits per heavy atom. The van der Waals surface area contributed by atoms with Crippen LogP contribution >= 0.6 is 0 Å². The number of carbonyl (C=O) groups excluding carboxylic acids is 1. The van der Waals surface area contributed by atoms with Gasteiger partial charge in [-0.05, 0) is 46.7 Å². The number of likely N-dealkylation sites (N-methyl/N-ethyl adjacent to an activating group) is 2. The van der Waals surface area contributed by atoms with Crippen LogP contribution < -0.4 is 5.32 Å². The SMILES string of the molecule is CCN1CCCC1CN(C)C(=O)CCNC(C)(C)C. The van der Waals surface area contributed by atoms with E-state index < -0.39 is 0 Å². The summed E-state index contributed by atoms with van der Waals surface area (Å²) in [6.07, 6.45) is 3.09. The van der Waals surface area contributed by atoms with E-state index in [4.69, 9.17) is 0 Å². The highest BCUT2D eigenvalue weighted by Crippen LogP contribution is 2.17. The van der Waals surface area contributed by atoms with E-state index in [9.17, 15) is 4.79 Å². The van der Waals surface area contributed by atoms with E-state index in [1.54, 1.807) is 0 Å². The van der Waals surface area contributed by atoms with E-state index in [2.05, 4.69) is 37.9 Å². The van der Waals surface area contributed by atoms with Gasteiger partial charge in [-0.15, -0.1) is 0 Å². The van der Waals surface area contributed by atoms with E-state index in [1.165, 1.54) is 19.4 Å². The summed E-state index contributed by atoms with van der Waals surface area (Å²) in [6, 6.07) is 0.564. The van der Waals surface area contributed by atoms with Gasteiger partial charge in [0, 0.05) is 38.1 Å². The number of nitrogens with one attached hydrogen (secondary N) is 1. The summed E-state index contributed by atoms with van der Waals surface area (Å²) in [5.74, 6) is 0.250. The number of likely N-dealkylation sites (tertiary alicyclic amines) is 1. The van der Waals surface area contributed by atoms with E-state index in [0.717, 1.165) is 19.6 Å². The molecular weight excluding hydrogens is 238 g/mol. The van der Waals surface area contributed by atoms with Gasteiger partial charge in [0.25, 0.3) is 0 Å². The molecule has 1 rings (SSSR count). The van der Waals surface area contributed by atoms with E-state index in [1.807, 2.05) is 11.9 Å². The number of hydrogen-bond acceptors (Lipinski definition) is 3. The van der Waals surface area contributed by atoms with Gasteiger partial charge >= 0.3 is 0 Å². The maximum atomic E-state index is 12.1. The summed E-state index contributed by atoms with van der Waals surface area (Å²) in [5.41, 5.74) is 0.0866. The molecule has 0 bridgehead atoms. The van der Waals surface area contributed by atoms with Crippen LogP contribution in [0.5, 0.6) is 0 Å². The van der Waals surface area contributed by atoms with Crippen LogP contribution in [0.2, 0.25) is 0 Å². The van der Waals surface area contributed by atoms with Crippen LogP contribution in [0.25, 0.3) is 0 Å². The molecule has 4 nitrogen and oxygen atoms in total. The molecule has 1 N–H and O–H groups in total. The van der Waals surface area contributed by atoms with Crippen LogP contribution in [-0.4, -0.2) is 60.5 Å². The van der Waals surface area contributed by atoms with Gasteiger partial charge < -0.3 is 10.2 Å². The first-order chi connectivity index (χ1) is 8.83. The van der Waals surface area contributed by atoms with Crippen molar-refractivity contribution in [1.82, 2.24) is 15.1 Å². The molecule has 0 radical (unpaired) electrons. The van der Waals surface area contributed by atoms with Gasteiger partial charge in [0.1, 0.15) is 0 Å². The van der Waals surface area contributed by atoms with E-state index >= 15 is 0 Å². The van der Waals surface area contributed by atoms with Crippen molar-refractivity contribution >= 4 is 5.91 Å². The molecule has 0 spiro atoms. The van der Waals surface area contributed by atoms with Gasteiger partial charge in [0.2, 0.25) is 5.91 Å². The number of amides is 1. The first-order valence-electron chi connectivity index (χ1n) is 7.56. The zero-order chi connectivity index (χ0) is 14.5. The monoisotopic (exact) mass is 269 g/mol. The van der Waals surface area contributed by atoms with Crippen molar-refractivity contribution in [2.75, 3.05) is 33.2 Å². The molecule has 19 heavy (non-hydrogen) atoms. The average molecular weight is 269 g/mol. The standard InChI is InChI=1S/C15H31N3O/c1-6-18-11-7-8-13(18)12-17(5)14(19)9-10-16-15(2,3)4/h13,16H,6-12H2,1-5H3. The third kappa shape index (κ3) is 5.91.